The van der Waals surface area contributed by atoms with Crippen LogP contribution in [0.4, 0.5) is 0 Å². The Morgan fingerprint density at radius 2 is 1.60 bits per heavy atom. The Morgan fingerprint density at radius 1 is 0.920 bits per heavy atom. The van der Waals surface area contributed by atoms with Crippen LogP contribution in [0.2, 0.25) is 0 Å². The first-order chi connectivity index (χ1) is 12.2. The number of methoxy groups -OCH3 is 2. The second-order valence-corrected chi connectivity index (χ2v) is 5.34. The number of hydrogen-bond acceptors (Lipinski definition) is 5. The van der Waals surface area contributed by atoms with Crippen LogP contribution in [0.1, 0.15) is 0 Å². The molecule has 1 aromatic heterocycles. The van der Waals surface area contributed by atoms with E-state index >= 15 is 0 Å². The molecule has 0 spiro atoms. The lowest BCUT2D eigenvalue weighted by Crippen LogP contribution is -2.10. The first-order valence-corrected chi connectivity index (χ1v) is 7.97. The summed E-state index contributed by atoms with van der Waals surface area (Å²) in [4.78, 5) is 0. The van der Waals surface area contributed by atoms with Gasteiger partial charge in [-0.05, 0) is 48.5 Å². The maximum atomic E-state index is 5.53. The highest BCUT2D eigenvalue weighted by Crippen LogP contribution is 2.29. The van der Waals surface area contributed by atoms with Crippen LogP contribution in [-0.2, 0) is 0 Å². The summed E-state index contributed by atoms with van der Waals surface area (Å²) in [5.41, 5.74) is 8.31. The van der Waals surface area contributed by atoms with Gasteiger partial charge in [0, 0.05) is 18.2 Å². The summed E-state index contributed by atoms with van der Waals surface area (Å²) in [6.45, 7) is 0.986. The number of nitrogens with two attached hydrogens (primary N) is 1. The van der Waals surface area contributed by atoms with Crippen molar-refractivity contribution in [3.05, 3.63) is 54.6 Å². The van der Waals surface area contributed by atoms with E-state index in [9.17, 15) is 0 Å². The lowest BCUT2D eigenvalue weighted by molar-refractivity contribution is 0.328. The summed E-state index contributed by atoms with van der Waals surface area (Å²) in [6, 6.07) is 17.4. The van der Waals surface area contributed by atoms with E-state index in [0.717, 1.165) is 28.4 Å². The number of nitrogens with zero attached hydrogens (tertiary/aromatic N) is 2. The average Bonchev–Trinajstić information content (AvgIpc) is 3.11. The standard InChI is InChI=1S/C19H21N3O3/c1-23-16-9-5-15(6-10-16)22-18(13-19(21-22)24-2)14-3-7-17(8-4-14)25-12-11-20/h3-10,13H,11-12,20H2,1-2H3. The molecule has 1 heterocycles. The van der Waals surface area contributed by atoms with Crippen molar-refractivity contribution in [1.29, 1.82) is 0 Å². The molecule has 0 aliphatic rings. The van der Waals surface area contributed by atoms with Gasteiger partial charge in [-0.15, -0.1) is 5.10 Å². The Hall–Kier alpha value is -2.99. The van der Waals surface area contributed by atoms with Gasteiger partial charge >= 0.3 is 0 Å². The second-order valence-electron chi connectivity index (χ2n) is 5.34. The van der Waals surface area contributed by atoms with Crippen molar-refractivity contribution in [3.63, 3.8) is 0 Å². The quantitative estimate of drug-likeness (QED) is 0.717. The SMILES string of the molecule is COc1ccc(-n2nc(OC)cc2-c2ccc(OCCN)cc2)cc1. The zero-order valence-corrected chi connectivity index (χ0v) is 14.3. The number of benzene rings is 2. The van der Waals surface area contributed by atoms with E-state index in [0.29, 0.717) is 19.0 Å². The summed E-state index contributed by atoms with van der Waals surface area (Å²) in [7, 11) is 3.25. The van der Waals surface area contributed by atoms with Crippen molar-refractivity contribution >= 4 is 0 Å². The summed E-state index contributed by atoms with van der Waals surface area (Å²) in [5.74, 6) is 2.14. The molecule has 0 amide bonds. The monoisotopic (exact) mass is 339 g/mol. The predicted octanol–water partition coefficient (Wildman–Crippen LogP) is 2.89. The summed E-state index contributed by atoms with van der Waals surface area (Å²) >= 11 is 0. The van der Waals surface area contributed by atoms with E-state index < -0.39 is 0 Å². The van der Waals surface area contributed by atoms with Crippen molar-refractivity contribution in [1.82, 2.24) is 9.78 Å². The van der Waals surface area contributed by atoms with E-state index in [2.05, 4.69) is 5.10 Å². The second kappa shape index (κ2) is 7.72. The van der Waals surface area contributed by atoms with Crippen molar-refractivity contribution < 1.29 is 14.2 Å². The van der Waals surface area contributed by atoms with E-state index in [1.807, 2.05) is 59.3 Å². The number of hydrogen-bond donors (Lipinski definition) is 1. The maximum absolute atomic E-state index is 5.53. The summed E-state index contributed by atoms with van der Waals surface area (Å²) in [6.07, 6.45) is 0. The fraction of sp³-hybridized carbons (Fsp3) is 0.211. The highest BCUT2D eigenvalue weighted by molar-refractivity contribution is 5.64. The minimum absolute atomic E-state index is 0.489. The first kappa shape index (κ1) is 16.9. The van der Waals surface area contributed by atoms with Crippen molar-refractivity contribution in [2.24, 2.45) is 5.73 Å². The van der Waals surface area contributed by atoms with Crippen molar-refractivity contribution in [3.8, 4) is 34.3 Å². The zero-order valence-electron chi connectivity index (χ0n) is 14.3. The van der Waals surface area contributed by atoms with E-state index in [4.69, 9.17) is 19.9 Å². The van der Waals surface area contributed by atoms with Gasteiger partial charge < -0.3 is 19.9 Å². The Labute approximate surface area is 146 Å². The molecule has 2 aromatic carbocycles. The normalized spacial score (nSPS) is 10.5. The van der Waals surface area contributed by atoms with Gasteiger partial charge in [0.15, 0.2) is 0 Å². The molecule has 0 aliphatic heterocycles. The first-order valence-electron chi connectivity index (χ1n) is 7.97. The Bertz CT molecular complexity index is 811. The molecular formula is C19H21N3O3. The van der Waals surface area contributed by atoms with Crippen LogP contribution in [0.5, 0.6) is 17.4 Å². The molecule has 0 saturated carbocycles. The van der Waals surface area contributed by atoms with Gasteiger partial charge in [0.1, 0.15) is 18.1 Å². The third-order valence-corrected chi connectivity index (χ3v) is 3.75. The summed E-state index contributed by atoms with van der Waals surface area (Å²) < 4.78 is 17.9. The highest BCUT2D eigenvalue weighted by atomic mass is 16.5. The lowest BCUT2D eigenvalue weighted by atomic mass is 10.1. The van der Waals surface area contributed by atoms with Crippen LogP contribution in [0.15, 0.2) is 54.6 Å². The van der Waals surface area contributed by atoms with Gasteiger partial charge in [0.25, 0.3) is 0 Å². The molecule has 6 heteroatoms. The Balaban J connectivity index is 1.96. The Morgan fingerprint density at radius 3 is 2.20 bits per heavy atom. The molecule has 2 N–H and O–H groups in total. The molecule has 0 aliphatic carbocycles. The van der Waals surface area contributed by atoms with Gasteiger partial charge in [-0.3, -0.25) is 0 Å². The minimum Gasteiger partial charge on any atom is -0.497 e. The van der Waals surface area contributed by atoms with Gasteiger partial charge in [-0.1, -0.05) is 0 Å². The molecule has 0 unspecified atom stereocenters. The van der Waals surface area contributed by atoms with Crippen molar-refractivity contribution in [2.45, 2.75) is 0 Å². The number of aromatic nitrogens is 2. The van der Waals surface area contributed by atoms with E-state index in [1.54, 1.807) is 14.2 Å². The molecule has 0 saturated heterocycles. The maximum Gasteiger partial charge on any atom is 0.233 e. The van der Waals surface area contributed by atoms with Crippen molar-refractivity contribution in [2.75, 3.05) is 27.4 Å². The third-order valence-electron chi connectivity index (χ3n) is 3.75. The molecule has 0 radical (unpaired) electrons. The smallest absolute Gasteiger partial charge is 0.233 e. The summed E-state index contributed by atoms with van der Waals surface area (Å²) in [5, 5.41) is 4.51. The molecule has 6 nitrogen and oxygen atoms in total. The Kier molecular flexibility index (Phi) is 5.20. The minimum atomic E-state index is 0.489. The zero-order chi connectivity index (χ0) is 17.6. The average molecular weight is 339 g/mol. The van der Waals surface area contributed by atoms with Gasteiger partial charge in [-0.25, -0.2) is 4.68 Å². The third kappa shape index (κ3) is 3.75. The highest BCUT2D eigenvalue weighted by Gasteiger charge is 2.12. The van der Waals surface area contributed by atoms with Crippen LogP contribution in [0.25, 0.3) is 16.9 Å². The molecule has 130 valence electrons. The molecule has 3 aromatic rings. The van der Waals surface area contributed by atoms with Crippen LogP contribution in [0.3, 0.4) is 0 Å². The lowest BCUT2D eigenvalue weighted by Gasteiger charge is -2.09. The van der Waals surface area contributed by atoms with Crippen LogP contribution >= 0.6 is 0 Å². The van der Waals surface area contributed by atoms with Crippen LogP contribution in [0, 0.1) is 0 Å². The molecule has 0 bridgehead atoms. The van der Waals surface area contributed by atoms with Crippen LogP contribution in [-0.4, -0.2) is 37.2 Å². The topological polar surface area (TPSA) is 71.5 Å². The van der Waals surface area contributed by atoms with E-state index in [1.165, 1.54) is 0 Å². The van der Waals surface area contributed by atoms with Gasteiger partial charge in [-0.2, -0.15) is 0 Å². The molecule has 0 atom stereocenters. The van der Waals surface area contributed by atoms with E-state index in [-0.39, 0.29) is 0 Å². The molecular weight excluding hydrogens is 318 g/mol. The van der Waals surface area contributed by atoms with Crippen LogP contribution < -0.4 is 19.9 Å². The number of rotatable bonds is 7. The van der Waals surface area contributed by atoms with Gasteiger partial charge in [0.2, 0.25) is 5.88 Å². The number of ether oxygens (including phenoxy) is 3. The molecule has 3 rings (SSSR count). The molecule has 0 fully saturated rings. The fourth-order valence-corrected chi connectivity index (χ4v) is 2.48. The van der Waals surface area contributed by atoms with Gasteiger partial charge in [0.05, 0.1) is 25.6 Å². The molecule has 25 heavy (non-hydrogen) atoms. The largest absolute Gasteiger partial charge is 0.497 e. The fourth-order valence-electron chi connectivity index (χ4n) is 2.48. The predicted molar refractivity (Wildman–Crippen MR) is 96.7 cm³/mol.